The van der Waals surface area contributed by atoms with Crippen LogP contribution in [-0.2, 0) is 5.41 Å². The van der Waals surface area contributed by atoms with Gasteiger partial charge < -0.3 is 10.4 Å². The number of benzene rings is 1. The Morgan fingerprint density at radius 1 is 1.03 bits per heavy atom. The van der Waals surface area contributed by atoms with E-state index in [0.717, 1.165) is 47.5 Å². The molecule has 0 saturated heterocycles. The first kappa shape index (κ1) is 25.4. The van der Waals surface area contributed by atoms with E-state index >= 15 is 0 Å². The molecule has 0 unspecified atom stereocenters. The van der Waals surface area contributed by atoms with Crippen molar-refractivity contribution in [2.24, 2.45) is 5.41 Å². The normalized spacial score (nSPS) is 21.8. The molecule has 1 fully saturated rings. The number of nitrogens with one attached hydrogen (secondary N) is 1. The van der Waals surface area contributed by atoms with Crippen molar-refractivity contribution >= 4 is 5.95 Å². The average molecular weight is 529 g/mol. The molecule has 9 heteroatoms. The summed E-state index contributed by atoms with van der Waals surface area (Å²) in [5, 5.41) is 21.5. The molecule has 3 atom stereocenters. The lowest BCUT2D eigenvalue weighted by Gasteiger charge is -2.56. The molecule has 0 radical (unpaired) electrons. The molecule has 4 aromatic rings. The van der Waals surface area contributed by atoms with Crippen LogP contribution in [-0.4, -0.2) is 42.9 Å². The Bertz CT molecular complexity index is 1520. The third kappa shape index (κ3) is 4.16. The van der Waals surface area contributed by atoms with Crippen molar-refractivity contribution in [3.8, 4) is 22.5 Å². The van der Waals surface area contributed by atoms with Crippen molar-refractivity contribution in [2.75, 3.05) is 11.9 Å². The van der Waals surface area contributed by atoms with E-state index in [-0.39, 0.29) is 22.6 Å². The Morgan fingerprint density at radius 3 is 2.44 bits per heavy atom. The van der Waals surface area contributed by atoms with Crippen molar-refractivity contribution in [2.45, 2.75) is 57.5 Å². The fourth-order valence-corrected chi connectivity index (χ4v) is 6.46. The monoisotopic (exact) mass is 528 g/mol. The smallest absolute Gasteiger partial charge is 0.222 e. The molecule has 1 saturated carbocycles. The molecule has 3 aromatic heterocycles. The molecule has 2 bridgehead atoms. The van der Waals surface area contributed by atoms with Gasteiger partial charge in [-0.3, -0.25) is 4.98 Å². The zero-order valence-electron chi connectivity index (χ0n) is 22.1. The third-order valence-corrected chi connectivity index (χ3v) is 8.36. The fourth-order valence-electron chi connectivity index (χ4n) is 6.46. The Morgan fingerprint density at radius 2 is 1.74 bits per heavy atom. The van der Waals surface area contributed by atoms with Crippen molar-refractivity contribution < 1.29 is 13.9 Å². The van der Waals surface area contributed by atoms with Crippen molar-refractivity contribution in [3.63, 3.8) is 0 Å². The Kier molecular flexibility index (Phi) is 6.14. The summed E-state index contributed by atoms with van der Waals surface area (Å²) in [6, 6.07) is 11.6. The molecule has 7 rings (SSSR count). The number of halogens is 2. The van der Waals surface area contributed by atoms with Crippen LogP contribution < -0.4 is 5.32 Å². The van der Waals surface area contributed by atoms with Gasteiger partial charge in [0, 0.05) is 24.5 Å². The van der Waals surface area contributed by atoms with Gasteiger partial charge in [0.05, 0.1) is 39.9 Å². The van der Waals surface area contributed by atoms with Crippen LogP contribution in [0.3, 0.4) is 0 Å². The molecule has 200 valence electrons. The largest absolute Gasteiger partial charge is 0.392 e. The Hall–Kier alpha value is -3.85. The van der Waals surface area contributed by atoms with Crippen LogP contribution in [0, 0.1) is 17.0 Å². The molecule has 7 nitrogen and oxygen atoms in total. The highest BCUT2D eigenvalue weighted by atomic mass is 19.1. The lowest BCUT2D eigenvalue weighted by atomic mass is 9.47. The summed E-state index contributed by atoms with van der Waals surface area (Å²) in [5.41, 5.74) is 3.64. The standard InChI is InChI=1S/C30H30F2N6O/c1-17(39)14-33-28-34-15-19(16-35-28)23-8-5-9-25(36-23)30-11-10-18(13-29(30,2)3)20-12-24(37-38-27(20)30)26-21(31)6-4-7-22(26)32/h4-9,12,15-18,39H,10-11,13-14H2,1-3H3,(H,33,34,35)/t17-,18+,30-/m0/s1. The van der Waals surface area contributed by atoms with Gasteiger partial charge in [-0.2, -0.15) is 5.10 Å². The first-order chi connectivity index (χ1) is 18.7. The van der Waals surface area contributed by atoms with Gasteiger partial charge in [0.25, 0.3) is 0 Å². The van der Waals surface area contributed by atoms with Crippen LogP contribution in [0.2, 0.25) is 0 Å². The van der Waals surface area contributed by atoms with Gasteiger partial charge in [0.15, 0.2) is 0 Å². The lowest BCUT2D eigenvalue weighted by molar-refractivity contribution is 0.0812. The summed E-state index contributed by atoms with van der Waals surface area (Å²) in [4.78, 5) is 13.9. The highest BCUT2D eigenvalue weighted by Gasteiger charge is 2.59. The van der Waals surface area contributed by atoms with Crippen molar-refractivity contribution in [1.82, 2.24) is 25.1 Å². The molecule has 39 heavy (non-hydrogen) atoms. The summed E-state index contributed by atoms with van der Waals surface area (Å²) >= 11 is 0. The maximum Gasteiger partial charge on any atom is 0.222 e. The second kappa shape index (κ2) is 9.41. The minimum atomic E-state index is -0.649. The maximum atomic E-state index is 14.6. The topological polar surface area (TPSA) is 96.7 Å². The highest BCUT2D eigenvalue weighted by Crippen LogP contribution is 2.64. The van der Waals surface area contributed by atoms with E-state index in [1.54, 1.807) is 19.3 Å². The second-order valence-corrected chi connectivity index (χ2v) is 11.3. The molecule has 0 aliphatic heterocycles. The second-order valence-electron chi connectivity index (χ2n) is 11.3. The number of hydrogen-bond acceptors (Lipinski definition) is 7. The van der Waals surface area contributed by atoms with E-state index in [1.807, 2.05) is 24.3 Å². The first-order valence-electron chi connectivity index (χ1n) is 13.2. The van der Waals surface area contributed by atoms with Crippen LogP contribution in [0.5, 0.6) is 0 Å². The Balaban J connectivity index is 1.42. The van der Waals surface area contributed by atoms with Crippen LogP contribution in [0.4, 0.5) is 14.7 Å². The summed E-state index contributed by atoms with van der Waals surface area (Å²) < 4.78 is 29.2. The fraction of sp³-hybridized carbons (Fsp3) is 0.367. The molecule has 0 spiro atoms. The predicted octanol–water partition coefficient (Wildman–Crippen LogP) is 5.66. The first-order valence-corrected chi connectivity index (χ1v) is 13.2. The predicted molar refractivity (Wildman–Crippen MR) is 144 cm³/mol. The number of aliphatic hydroxyl groups excluding tert-OH is 1. The van der Waals surface area contributed by atoms with Gasteiger partial charge in [-0.1, -0.05) is 26.0 Å². The highest BCUT2D eigenvalue weighted by molar-refractivity contribution is 5.63. The number of hydrogen-bond donors (Lipinski definition) is 2. The minimum Gasteiger partial charge on any atom is -0.392 e. The molecular weight excluding hydrogens is 498 g/mol. The van der Waals surface area contributed by atoms with Crippen LogP contribution >= 0.6 is 0 Å². The molecule has 3 heterocycles. The van der Waals surface area contributed by atoms with E-state index in [0.29, 0.717) is 12.5 Å². The van der Waals surface area contributed by atoms with Crippen LogP contribution in [0.25, 0.3) is 22.5 Å². The van der Waals surface area contributed by atoms with Gasteiger partial charge >= 0.3 is 0 Å². The minimum absolute atomic E-state index is 0.144. The van der Waals surface area contributed by atoms with Crippen LogP contribution in [0.1, 0.15) is 62.9 Å². The number of aromatic nitrogens is 5. The summed E-state index contributed by atoms with van der Waals surface area (Å²) in [6.45, 7) is 6.54. The number of anilines is 1. The molecule has 2 N–H and O–H groups in total. The molecular formula is C30H30F2N6O. The summed E-state index contributed by atoms with van der Waals surface area (Å²) in [7, 11) is 0. The van der Waals surface area contributed by atoms with E-state index in [2.05, 4.69) is 39.3 Å². The number of rotatable bonds is 6. The zero-order valence-corrected chi connectivity index (χ0v) is 22.1. The average Bonchev–Trinajstić information content (AvgIpc) is 2.92. The van der Waals surface area contributed by atoms with E-state index in [4.69, 9.17) is 4.98 Å². The zero-order chi connectivity index (χ0) is 27.4. The lowest BCUT2D eigenvalue weighted by Crippen LogP contribution is -2.53. The van der Waals surface area contributed by atoms with E-state index < -0.39 is 23.2 Å². The van der Waals surface area contributed by atoms with Gasteiger partial charge in [0.2, 0.25) is 5.95 Å². The number of fused-ring (bicyclic) bond motifs is 2. The molecule has 3 aliphatic carbocycles. The van der Waals surface area contributed by atoms with E-state index in [9.17, 15) is 13.9 Å². The quantitative estimate of drug-likeness (QED) is 0.333. The van der Waals surface area contributed by atoms with E-state index in [1.165, 1.54) is 18.2 Å². The van der Waals surface area contributed by atoms with Gasteiger partial charge in [0.1, 0.15) is 11.6 Å². The molecule has 0 amide bonds. The third-order valence-electron chi connectivity index (χ3n) is 8.36. The SMILES string of the molecule is C[C@H](O)CNc1ncc(-c2cccc([C@]34CC[C@H](CC3(C)C)c3cc(-c5c(F)cccc5F)nnc34)n2)cn1. The van der Waals surface area contributed by atoms with Crippen molar-refractivity contribution in [1.29, 1.82) is 0 Å². The summed E-state index contributed by atoms with van der Waals surface area (Å²) in [6.07, 6.45) is 5.62. The van der Waals surface area contributed by atoms with Crippen molar-refractivity contribution in [3.05, 3.63) is 83.4 Å². The summed E-state index contributed by atoms with van der Waals surface area (Å²) in [5.74, 6) is -0.625. The van der Waals surface area contributed by atoms with Gasteiger partial charge in [-0.25, -0.2) is 18.7 Å². The number of aliphatic hydroxyl groups is 1. The molecule has 3 aliphatic rings. The molecule has 1 aromatic carbocycles. The Labute approximate surface area is 225 Å². The number of nitrogens with zero attached hydrogens (tertiary/aromatic N) is 5. The van der Waals surface area contributed by atoms with Gasteiger partial charge in [-0.05, 0) is 73.4 Å². The van der Waals surface area contributed by atoms with Gasteiger partial charge in [-0.15, -0.1) is 5.10 Å². The maximum absolute atomic E-state index is 14.6. The number of pyridine rings is 1. The van der Waals surface area contributed by atoms with Crippen LogP contribution in [0.15, 0.2) is 54.9 Å².